The third kappa shape index (κ3) is 3.24. The molecule has 0 saturated carbocycles. The maximum Gasteiger partial charge on any atom is 0.276 e. The van der Waals surface area contributed by atoms with Crippen molar-refractivity contribution in [3.63, 3.8) is 0 Å². The number of hydrogen-bond donors (Lipinski definition) is 2. The zero-order valence-electron chi connectivity index (χ0n) is 10.8. The Hall–Kier alpha value is -2.15. The van der Waals surface area contributed by atoms with Crippen LogP contribution in [0.15, 0.2) is 34.8 Å². The molecule has 0 amide bonds. The fourth-order valence-electron chi connectivity index (χ4n) is 1.82. The van der Waals surface area contributed by atoms with Crippen molar-refractivity contribution in [2.75, 3.05) is 11.1 Å². The van der Waals surface area contributed by atoms with E-state index < -0.39 is 4.92 Å². The van der Waals surface area contributed by atoms with E-state index in [4.69, 9.17) is 5.73 Å². The molecule has 7 heteroatoms. The summed E-state index contributed by atoms with van der Waals surface area (Å²) in [4.78, 5) is 14.4. The molecule has 0 aliphatic heterocycles. The smallest absolute Gasteiger partial charge is 0.276 e. The summed E-state index contributed by atoms with van der Waals surface area (Å²) < 4.78 is 0.978. The van der Waals surface area contributed by atoms with E-state index in [9.17, 15) is 10.1 Å². The van der Waals surface area contributed by atoms with Gasteiger partial charge in [-0.1, -0.05) is 22.9 Å². The summed E-state index contributed by atoms with van der Waals surface area (Å²) in [6.45, 7) is 2.03. The minimum Gasteiger partial charge on any atom is -0.383 e. The number of nitrogen functional groups attached to an aromatic ring is 1. The van der Waals surface area contributed by atoms with Gasteiger partial charge in [0.2, 0.25) is 0 Å². The highest BCUT2D eigenvalue weighted by Gasteiger charge is 2.11. The number of nitrogens with two attached hydrogens (primary N) is 1. The highest BCUT2D eigenvalue weighted by atomic mass is 79.9. The van der Waals surface area contributed by atoms with Gasteiger partial charge in [0, 0.05) is 10.2 Å². The van der Waals surface area contributed by atoms with E-state index in [1.165, 1.54) is 12.1 Å². The molecule has 1 aromatic carbocycles. The SMILES string of the molecule is CCc1cc(Br)ccc1Nc1cc([N+](=O)[O-])cc(N)n1. The Morgan fingerprint density at radius 1 is 1.40 bits per heavy atom. The molecule has 1 heterocycles. The molecule has 0 unspecified atom stereocenters. The lowest BCUT2D eigenvalue weighted by atomic mass is 10.1. The maximum absolute atomic E-state index is 10.8. The summed E-state index contributed by atoms with van der Waals surface area (Å²) in [7, 11) is 0. The fourth-order valence-corrected chi connectivity index (χ4v) is 2.23. The van der Waals surface area contributed by atoms with Gasteiger partial charge in [-0.3, -0.25) is 10.1 Å². The van der Waals surface area contributed by atoms with Gasteiger partial charge in [0.25, 0.3) is 5.69 Å². The lowest BCUT2D eigenvalue weighted by Crippen LogP contribution is -2.01. The van der Waals surface area contributed by atoms with E-state index in [-0.39, 0.29) is 11.5 Å². The first-order valence-electron chi connectivity index (χ1n) is 5.97. The van der Waals surface area contributed by atoms with Gasteiger partial charge in [0.05, 0.1) is 17.1 Å². The second-order valence-electron chi connectivity index (χ2n) is 4.17. The topological polar surface area (TPSA) is 94.1 Å². The molecular formula is C13H13BrN4O2. The Morgan fingerprint density at radius 3 is 2.80 bits per heavy atom. The molecule has 0 aliphatic carbocycles. The van der Waals surface area contributed by atoms with E-state index in [1.807, 2.05) is 25.1 Å². The van der Waals surface area contributed by atoms with Gasteiger partial charge >= 0.3 is 0 Å². The Bertz CT molecular complexity index is 661. The van der Waals surface area contributed by atoms with E-state index in [2.05, 4.69) is 26.2 Å². The summed E-state index contributed by atoms with van der Waals surface area (Å²) in [5.74, 6) is 0.464. The molecule has 1 aromatic heterocycles. The van der Waals surface area contributed by atoms with Crippen molar-refractivity contribution in [1.29, 1.82) is 0 Å². The van der Waals surface area contributed by atoms with Crippen LogP contribution in [0.2, 0.25) is 0 Å². The second kappa shape index (κ2) is 5.87. The van der Waals surface area contributed by atoms with Crippen molar-refractivity contribution in [1.82, 2.24) is 4.98 Å². The molecule has 0 radical (unpaired) electrons. The Balaban J connectivity index is 2.37. The van der Waals surface area contributed by atoms with Gasteiger partial charge in [-0.25, -0.2) is 4.98 Å². The molecule has 0 spiro atoms. The first kappa shape index (κ1) is 14.3. The van der Waals surface area contributed by atoms with Gasteiger partial charge < -0.3 is 11.1 Å². The average Bonchev–Trinajstić information content (AvgIpc) is 2.40. The van der Waals surface area contributed by atoms with Gasteiger partial charge in [0.15, 0.2) is 0 Å². The number of halogens is 1. The van der Waals surface area contributed by atoms with Gasteiger partial charge in [-0.05, 0) is 30.2 Å². The van der Waals surface area contributed by atoms with Crippen LogP contribution in [0.1, 0.15) is 12.5 Å². The van der Waals surface area contributed by atoms with Crippen LogP contribution in [0.5, 0.6) is 0 Å². The van der Waals surface area contributed by atoms with Crippen LogP contribution >= 0.6 is 15.9 Å². The molecule has 6 nitrogen and oxygen atoms in total. The summed E-state index contributed by atoms with van der Waals surface area (Å²) in [6.07, 6.45) is 0.826. The zero-order valence-corrected chi connectivity index (χ0v) is 12.3. The number of nitrogens with one attached hydrogen (secondary N) is 1. The highest BCUT2D eigenvalue weighted by molar-refractivity contribution is 9.10. The largest absolute Gasteiger partial charge is 0.383 e. The number of aromatic nitrogens is 1. The quantitative estimate of drug-likeness (QED) is 0.656. The van der Waals surface area contributed by atoms with Gasteiger partial charge in [-0.15, -0.1) is 0 Å². The van der Waals surface area contributed by atoms with Crippen molar-refractivity contribution < 1.29 is 4.92 Å². The number of nitrogens with zero attached hydrogens (tertiary/aromatic N) is 2. The summed E-state index contributed by atoms with van der Waals surface area (Å²) >= 11 is 3.41. The Kier molecular flexibility index (Phi) is 4.19. The third-order valence-electron chi connectivity index (χ3n) is 2.75. The number of pyridine rings is 1. The van der Waals surface area contributed by atoms with E-state index in [1.54, 1.807) is 0 Å². The normalized spacial score (nSPS) is 10.3. The van der Waals surface area contributed by atoms with Crippen molar-refractivity contribution in [3.8, 4) is 0 Å². The van der Waals surface area contributed by atoms with Gasteiger partial charge in [-0.2, -0.15) is 0 Å². The number of rotatable bonds is 4. The molecule has 3 N–H and O–H groups in total. The van der Waals surface area contributed by atoms with Crippen LogP contribution in [0, 0.1) is 10.1 Å². The number of nitro groups is 1. The summed E-state index contributed by atoms with van der Waals surface area (Å²) in [5.41, 5.74) is 7.42. The number of benzene rings is 1. The van der Waals surface area contributed by atoms with E-state index >= 15 is 0 Å². The lowest BCUT2D eigenvalue weighted by molar-refractivity contribution is -0.384. The first-order valence-corrected chi connectivity index (χ1v) is 6.76. The molecule has 20 heavy (non-hydrogen) atoms. The predicted molar refractivity (Wildman–Crippen MR) is 82.1 cm³/mol. The molecule has 2 rings (SSSR count). The maximum atomic E-state index is 10.8. The van der Waals surface area contributed by atoms with E-state index in [0.717, 1.165) is 22.1 Å². The molecule has 2 aromatic rings. The lowest BCUT2D eigenvalue weighted by Gasteiger charge is -2.11. The number of aryl methyl sites for hydroxylation is 1. The molecule has 104 valence electrons. The average molecular weight is 337 g/mol. The second-order valence-corrected chi connectivity index (χ2v) is 5.09. The van der Waals surface area contributed by atoms with Crippen molar-refractivity contribution in [3.05, 3.63) is 50.5 Å². The highest BCUT2D eigenvalue weighted by Crippen LogP contribution is 2.26. The molecule has 0 aliphatic rings. The zero-order chi connectivity index (χ0) is 14.7. The third-order valence-corrected chi connectivity index (χ3v) is 3.24. The summed E-state index contributed by atoms with van der Waals surface area (Å²) in [5, 5.41) is 13.9. The molecule has 0 atom stereocenters. The monoisotopic (exact) mass is 336 g/mol. The first-order chi connectivity index (χ1) is 9.49. The van der Waals surface area contributed by atoms with Crippen LogP contribution in [0.3, 0.4) is 0 Å². The van der Waals surface area contributed by atoms with Crippen LogP contribution in [-0.4, -0.2) is 9.91 Å². The predicted octanol–water partition coefficient (Wildman–Crippen LogP) is 3.64. The molecule has 0 bridgehead atoms. The Morgan fingerprint density at radius 2 is 2.15 bits per heavy atom. The van der Waals surface area contributed by atoms with Crippen LogP contribution < -0.4 is 11.1 Å². The Labute approximate surface area is 124 Å². The van der Waals surface area contributed by atoms with E-state index in [0.29, 0.717) is 5.82 Å². The standard InChI is InChI=1S/C13H13BrN4O2/c1-2-8-5-9(14)3-4-11(8)16-13-7-10(18(19)20)6-12(15)17-13/h3-7H,2H2,1H3,(H3,15,16,17). The minimum atomic E-state index is -0.495. The van der Waals surface area contributed by atoms with Crippen LogP contribution in [0.4, 0.5) is 23.0 Å². The minimum absolute atomic E-state index is 0.0878. The number of anilines is 3. The molecule has 0 fully saturated rings. The van der Waals surface area contributed by atoms with Crippen molar-refractivity contribution in [2.24, 2.45) is 0 Å². The van der Waals surface area contributed by atoms with Crippen molar-refractivity contribution in [2.45, 2.75) is 13.3 Å². The van der Waals surface area contributed by atoms with Crippen LogP contribution in [0.25, 0.3) is 0 Å². The molecule has 0 saturated heterocycles. The van der Waals surface area contributed by atoms with Crippen LogP contribution in [-0.2, 0) is 6.42 Å². The summed E-state index contributed by atoms with van der Waals surface area (Å²) in [6, 6.07) is 8.36. The fraction of sp³-hybridized carbons (Fsp3) is 0.154. The van der Waals surface area contributed by atoms with Crippen molar-refractivity contribution >= 4 is 38.9 Å². The number of hydrogen-bond acceptors (Lipinski definition) is 5. The van der Waals surface area contributed by atoms with Gasteiger partial charge in [0.1, 0.15) is 11.6 Å². The molecular weight excluding hydrogens is 324 g/mol.